The summed E-state index contributed by atoms with van der Waals surface area (Å²) in [5, 5.41) is 10.6. The second-order valence-electron chi connectivity index (χ2n) is 12.9. The number of nitrogen functional groups attached to an aromatic ring is 1. The molecule has 2 aromatic rings. The largest absolute Gasteiger partial charge is 0.490 e. The topological polar surface area (TPSA) is 147 Å². The van der Waals surface area contributed by atoms with Crippen molar-refractivity contribution in [1.29, 1.82) is 0 Å². The van der Waals surface area contributed by atoms with Crippen molar-refractivity contribution in [1.82, 2.24) is 9.80 Å². The molecule has 0 unspecified atom stereocenters. The lowest BCUT2D eigenvalue weighted by Gasteiger charge is -2.33. The summed E-state index contributed by atoms with van der Waals surface area (Å²) in [7, 11) is 0. The van der Waals surface area contributed by atoms with Gasteiger partial charge in [0.1, 0.15) is 34.9 Å². The van der Waals surface area contributed by atoms with Crippen LogP contribution >= 0.6 is 0 Å². The van der Waals surface area contributed by atoms with Gasteiger partial charge in [0.2, 0.25) is 0 Å². The molecular weight excluding hydrogens is 568 g/mol. The predicted molar refractivity (Wildman–Crippen MR) is 167 cm³/mol. The van der Waals surface area contributed by atoms with Gasteiger partial charge in [-0.05, 0) is 77.9 Å². The summed E-state index contributed by atoms with van der Waals surface area (Å²) in [6.07, 6.45) is 2.61. The summed E-state index contributed by atoms with van der Waals surface area (Å²) < 4.78 is 22.4. The zero-order valence-corrected chi connectivity index (χ0v) is 26.6. The Bertz CT molecular complexity index is 1220. The van der Waals surface area contributed by atoms with Gasteiger partial charge in [-0.2, -0.15) is 0 Å². The van der Waals surface area contributed by atoms with E-state index in [9.17, 15) is 19.7 Å². The zero-order valence-electron chi connectivity index (χ0n) is 26.6. The maximum Gasteiger partial charge on any atom is 0.410 e. The highest BCUT2D eigenvalue weighted by molar-refractivity contribution is 5.68. The first kappa shape index (κ1) is 34.3. The molecule has 4 rings (SSSR count). The molecule has 2 fully saturated rings. The van der Waals surface area contributed by atoms with Crippen LogP contribution in [0.4, 0.5) is 21.0 Å². The van der Waals surface area contributed by atoms with Gasteiger partial charge in [0.25, 0.3) is 5.69 Å². The lowest BCUT2D eigenvalue weighted by atomic mass is 10.1. The Morgan fingerprint density at radius 2 is 1.05 bits per heavy atom. The Labute approximate surface area is 259 Å². The fraction of sp³-hybridized carbons (Fsp3) is 0.562. The van der Waals surface area contributed by atoms with Crippen LogP contribution in [-0.4, -0.2) is 76.5 Å². The number of hydrogen-bond donors (Lipinski definition) is 1. The predicted octanol–water partition coefficient (Wildman–Crippen LogP) is 6.42. The van der Waals surface area contributed by atoms with Crippen molar-refractivity contribution in [2.45, 2.75) is 90.6 Å². The van der Waals surface area contributed by atoms with Gasteiger partial charge in [-0.15, -0.1) is 0 Å². The maximum absolute atomic E-state index is 12.0. The molecule has 0 aliphatic carbocycles. The molecule has 2 aromatic carbocycles. The number of nitro groups is 1. The van der Waals surface area contributed by atoms with Crippen LogP contribution in [-0.2, 0) is 9.47 Å². The van der Waals surface area contributed by atoms with E-state index in [1.807, 2.05) is 65.8 Å². The quantitative estimate of drug-likeness (QED) is 0.229. The normalized spacial score (nSPS) is 16.3. The first-order valence-corrected chi connectivity index (χ1v) is 15.0. The Morgan fingerprint density at radius 3 is 1.36 bits per heavy atom. The number of ether oxygens (including phenoxy) is 4. The maximum atomic E-state index is 12.0. The summed E-state index contributed by atoms with van der Waals surface area (Å²) in [4.78, 5) is 37.5. The van der Waals surface area contributed by atoms with Crippen molar-refractivity contribution in [3.05, 3.63) is 58.6 Å². The van der Waals surface area contributed by atoms with Crippen LogP contribution in [0.15, 0.2) is 48.5 Å². The van der Waals surface area contributed by atoms with E-state index in [-0.39, 0.29) is 30.1 Å². The van der Waals surface area contributed by atoms with Gasteiger partial charge in [0.05, 0.1) is 4.92 Å². The summed E-state index contributed by atoms with van der Waals surface area (Å²) in [6.45, 7) is 13.6. The van der Waals surface area contributed by atoms with Gasteiger partial charge in [0.15, 0.2) is 0 Å². The minimum atomic E-state index is -0.497. The van der Waals surface area contributed by atoms with E-state index in [0.717, 1.165) is 24.3 Å². The summed E-state index contributed by atoms with van der Waals surface area (Å²) in [6, 6.07) is 13.4. The number of carbonyl (C=O) groups excluding carboxylic acids is 2. The smallest absolute Gasteiger partial charge is 0.410 e. The van der Waals surface area contributed by atoms with Crippen molar-refractivity contribution < 1.29 is 33.5 Å². The molecule has 2 N–H and O–H groups in total. The van der Waals surface area contributed by atoms with Crippen molar-refractivity contribution >= 4 is 23.6 Å². The molecule has 12 heteroatoms. The molecule has 2 aliphatic heterocycles. The Kier molecular flexibility index (Phi) is 11.7. The first-order chi connectivity index (χ1) is 20.6. The molecule has 2 aliphatic rings. The number of rotatable bonds is 5. The number of anilines is 1. The van der Waals surface area contributed by atoms with Gasteiger partial charge in [-0.1, -0.05) is 0 Å². The Balaban J connectivity index is 0.000000241. The third-order valence-corrected chi connectivity index (χ3v) is 6.72. The number of amides is 2. The highest BCUT2D eigenvalue weighted by Crippen LogP contribution is 2.24. The lowest BCUT2D eigenvalue weighted by Crippen LogP contribution is -2.44. The van der Waals surface area contributed by atoms with Crippen LogP contribution < -0.4 is 15.2 Å². The number of carbonyl (C=O) groups is 2. The molecule has 0 saturated carbocycles. The van der Waals surface area contributed by atoms with Gasteiger partial charge in [-0.3, -0.25) is 10.1 Å². The van der Waals surface area contributed by atoms with Crippen molar-refractivity contribution in [3.63, 3.8) is 0 Å². The standard InChI is InChI=1S/C16H22N2O5.C16H24N2O3/c1-16(2,3)23-15(19)17-10-8-14(9-11-17)22-13-6-4-12(5-7-13)18(20)21;1-16(2,3)21-15(19)18-10-8-14(9-11-18)20-13-6-4-12(17)5-7-13/h4-7,14H,8-11H2,1-3H3;4-7,14H,8-11,17H2,1-3H3. The molecule has 0 atom stereocenters. The fourth-order valence-corrected chi connectivity index (χ4v) is 4.54. The van der Waals surface area contributed by atoms with E-state index in [0.29, 0.717) is 44.8 Å². The molecule has 0 aromatic heterocycles. The third-order valence-electron chi connectivity index (χ3n) is 6.72. The molecule has 0 spiro atoms. The van der Waals surface area contributed by atoms with E-state index in [4.69, 9.17) is 24.7 Å². The van der Waals surface area contributed by atoms with E-state index in [2.05, 4.69) is 0 Å². The highest BCUT2D eigenvalue weighted by Gasteiger charge is 2.29. The van der Waals surface area contributed by atoms with Crippen LogP contribution in [0.5, 0.6) is 11.5 Å². The Morgan fingerprint density at radius 1 is 0.705 bits per heavy atom. The van der Waals surface area contributed by atoms with Crippen molar-refractivity contribution in [2.75, 3.05) is 31.9 Å². The number of hydrogen-bond acceptors (Lipinski definition) is 9. The van der Waals surface area contributed by atoms with E-state index >= 15 is 0 Å². The molecule has 44 heavy (non-hydrogen) atoms. The third kappa shape index (κ3) is 11.8. The molecule has 242 valence electrons. The minimum Gasteiger partial charge on any atom is -0.490 e. The monoisotopic (exact) mass is 614 g/mol. The van der Waals surface area contributed by atoms with Gasteiger partial charge in [0, 0.05) is 69.7 Å². The number of non-ortho nitro benzene ring substituents is 1. The summed E-state index contributed by atoms with van der Waals surface area (Å²) in [5.74, 6) is 1.42. The number of nitrogens with two attached hydrogens (primary N) is 1. The van der Waals surface area contributed by atoms with E-state index < -0.39 is 16.1 Å². The molecule has 2 heterocycles. The van der Waals surface area contributed by atoms with Crippen molar-refractivity contribution in [3.8, 4) is 11.5 Å². The van der Waals surface area contributed by atoms with Crippen molar-refractivity contribution in [2.24, 2.45) is 0 Å². The van der Waals surface area contributed by atoms with Crippen LogP contribution in [0.2, 0.25) is 0 Å². The average Bonchev–Trinajstić information content (AvgIpc) is 2.94. The van der Waals surface area contributed by atoms with Crippen LogP contribution in [0.3, 0.4) is 0 Å². The van der Waals surface area contributed by atoms with Gasteiger partial charge < -0.3 is 34.5 Å². The summed E-state index contributed by atoms with van der Waals surface area (Å²) in [5.41, 5.74) is 5.46. The van der Waals surface area contributed by atoms with Crippen LogP contribution in [0.1, 0.15) is 67.2 Å². The Hall–Kier alpha value is -4.22. The van der Waals surface area contributed by atoms with E-state index in [1.54, 1.807) is 21.9 Å². The number of nitrogens with zero attached hydrogens (tertiary/aromatic N) is 3. The molecule has 2 amide bonds. The lowest BCUT2D eigenvalue weighted by molar-refractivity contribution is -0.384. The van der Waals surface area contributed by atoms with E-state index in [1.165, 1.54) is 12.1 Å². The summed E-state index contributed by atoms with van der Waals surface area (Å²) >= 11 is 0. The van der Waals surface area contributed by atoms with Gasteiger partial charge in [-0.25, -0.2) is 9.59 Å². The number of likely N-dealkylation sites (tertiary alicyclic amines) is 2. The second kappa shape index (κ2) is 15.0. The zero-order chi connectivity index (χ0) is 32.5. The molecule has 0 radical (unpaired) electrons. The second-order valence-corrected chi connectivity index (χ2v) is 12.9. The molecular formula is C32H46N4O8. The van der Waals surface area contributed by atoms with Crippen LogP contribution in [0, 0.1) is 10.1 Å². The fourth-order valence-electron chi connectivity index (χ4n) is 4.54. The highest BCUT2D eigenvalue weighted by atomic mass is 16.6. The number of piperidine rings is 2. The van der Waals surface area contributed by atoms with Gasteiger partial charge >= 0.3 is 12.2 Å². The number of benzene rings is 2. The SMILES string of the molecule is CC(C)(C)OC(=O)N1CCC(Oc2ccc(N)cc2)CC1.CC(C)(C)OC(=O)N1CCC(Oc2ccc([N+](=O)[O-])cc2)CC1. The first-order valence-electron chi connectivity index (χ1n) is 15.0. The minimum absolute atomic E-state index is 0.00450. The van der Waals surface area contributed by atoms with Crippen LogP contribution in [0.25, 0.3) is 0 Å². The molecule has 12 nitrogen and oxygen atoms in total. The molecule has 2 saturated heterocycles. The average molecular weight is 615 g/mol. The molecule has 0 bridgehead atoms. The number of nitro benzene ring substituents is 1.